The van der Waals surface area contributed by atoms with Gasteiger partial charge in [-0.25, -0.2) is 18.7 Å². The monoisotopic (exact) mass is 616 g/mol. The summed E-state index contributed by atoms with van der Waals surface area (Å²) < 4.78 is 59.9. The number of phosphoric ester groups is 1. The van der Waals surface area contributed by atoms with Crippen LogP contribution in [0.5, 0.6) is 0 Å². The molecule has 0 aromatic carbocycles. The highest BCUT2D eigenvalue weighted by molar-refractivity contribution is 7.66. The maximum atomic E-state index is 12.2. The third kappa shape index (κ3) is 10.5. The fourth-order valence-corrected chi connectivity index (χ4v) is 6.33. The number of fused-ring (bicyclic) bond motifs is 1. The summed E-state index contributed by atoms with van der Waals surface area (Å²) in [6.45, 7) is 4.51. The lowest BCUT2D eigenvalue weighted by atomic mass is 10.1. The van der Waals surface area contributed by atoms with E-state index in [0.29, 0.717) is 23.4 Å². The van der Waals surface area contributed by atoms with E-state index in [1.807, 2.05) is 0 Å². The molecular formula is C18H31N6O12P3. The number of aliphatic imine (C=N–C) groups is 1. The van der Waals surface area contributed by atoms with Crippen LogP contribution in [0.1, 0.15) is 36.9 Å². The summed E-state index contributed by atoms with van der Waals surface area (Å²) in [5, 5.41) is 2.91. The number of guanidine groups is 1. The predicted molar refractivity (Wildman–Crippen MR) is 138 cm³/mol. The molecule has 0 bridgehead atoms. The molecule has 0 amide bonds. The topological polar surface area (TPSA) is 286 Å². The molecule has 0 fully saturated rings. The average Bonchev–Trinajstić information content (AvgIpc) is 3.15. The minimum Gasteiger partial charge on any atom is -0.375 e. The fourth-order valence-electron chi connectivity index (χ4n) is 3.28. The smallest absolute Gasteiger partial charge is 0.375 e. The summed E-state index contributed by atoms with van der Waals surface area (Å²) in [5.41, 5.74) is 18.5. The minimum absolute atomic E-state index is 0.0427. The largest absolute Gasteiger partial charge is 0.490 e. The molecule has 1 aliphatic rings. The Morgan fingerprint density at radius 1 is 1.23 bits per heavy atom. The van der Waals surface area contributed by atoms with E-state index in [-0.39, 0.29) is 25.7 Å². The number of anilines is 1. The highest BCUT2D eigenvalue weighted by atomic mass is 31.3. The van der Waals surface area contributed by atoms with Crippen molar-refractivity contribution in [3.8, 4) is 11.8 Å². The standard InChI is InChI=1S/C18H31N6O12P3/c1-3-8-32-10-13(11-33-38(28,29)36-39(30,31)35-37(25,26)27)34-14(4-2)24-9-12(6-5-7-19)15-16(20)22-18(21)23-17(15)24/h3,9,13-14,16H,1,4,7-8,10-11,19-20H2,2H3,(H,28,29)(H,30,31)(H3,21,22,23)(H2,25,26,27)/t13-,14+,16?/m0/s1. The second-order valence-corrected chi connectivity index (χ2v) is 12.1. The number of nitrogens with one attached hydrogen (secondary N) is 1. The van der Waals surface area contributed by atoms with Gasteiger partial charge in [0.25, 0.3) is 0 Å². The molecule has 11 N–H and O–H groups in total. The van der Waals surface area contributed by atoms with Crippen molar-refractivity contribution in [2.24, 2.45) is 22.2 Å². The molecule has 0 saturated carbocycles. The zero-order valence-corrected chi connectivity index (χ0v) is 23.3. The Morgan fingerprint density at radius 2 is 1.92 bits per heavy atom. The summed E-state index contributed by atoms with van der Waals surface area (Å²) in [7, 11) is -16.6. The maximum Gasteiger partial charge on any atom is 0.490 e. The predicted octanol–water partition coefficient (Wildman–Crippen LogP) is 0.336. The molecule has 1 aromatic rings. The molecule has 1 aliphatic heterocycles. The van der Waals surface area contributed by atoms with Crippen LogP contribution in [0.25, 0.3) is 0 Å². The minimum atomic E-state index is -5.69. The number of rotatable bonds is 15. The Morgan fingerprint density at radius 3 is 2.51 bits per heavy atom. The van der Waals surface area contributed by atoms with Crippen molar-refractivity contribution in [1.82, 2.24) is 4.57 Å². The van der Waals surface area contributed by atoms with Gasteiger partial charge in [-0.2, -0.15) is 8.62 Å². The van der Waals surface area contributed by atoms with Gasteiger partial charge in [-0.15, -0.1) is 6.58 Å². The normalized spacial score (nSPS) is 19.8. The average molecular weight is 616 g/mol. The van der Waals surface area contributed by atoms with Crippen molar-refractivity contribution in [2.75, 3.05) is 31.7 Å². The van der Waals surface area contributed by atoms with E-state index in [1.54, 1.807) is 17.7 Å². The fraction of sp³-hybridized carbons (Fsp3) is 0.500. The second-order valence-electron chi connectivity index (χ2n) is 7.64. The van der Waals surface area contributed by atoms with Gasteiger partial charge in [0.15, 0.2) is 5.96 Å². The Kier molecular flexibility index (Phi) is 12.1. The Balaban J connectivity index is 2.29. The van der Waals surface area contributed by atoms with Crippen LogP contribution in [0.4, 0.5) is 5.82 Å². The van der Waals surface area contributed by atoms with Crippen molar-refractivity contribution in [1.29, 1.82) is 0 Å². The Labute approximate surface area is 223 Å². The van der Waals surface area contributed by atoms with Gasteiger partial charge in [-0.05, 0) is 6.42 Å². The molecule has 2 heterocycles. The van der Waals surface area contributed by atoms with Crippen molar-refractivity contribution in [2.45, 2.75) is 31.8 Å². The van der Waals surface area contributed by atoms with E-state index in [0.717, 1.165) is 0 Å². The van der Waals surface area contributed by atoms with Gasteiger partial charge in [0.1, 0.15) is 24.3 Å². The van der Waals surface area contributed by atoms with Crippen molar-refractivity contribution >= 4 is 35.2 Å². The highest BCUT2D eigenvalue weighted by Gasteiger charge is 2.41. The molecule has 0 saturated heterocycles. The lowest BCUT2D eigenvalue weighted by Crippen LogP contribution is -2.33. The van der Waals surface area contributed by atoms with Crippen LogP contribution in [0.3, 0.4) is 0 Å². The molecule has 2 rings (SSSR count). The molecule has 39 heavy (non-hydrogen) atoms. The summed E-state index contributed by atoms with van der Waals surface area (Å²) in [4.78, 5) is 40.6. The van der Waals surface area contributed by atoms with Gasteiger partial charge in [0, 0.05) is 11.8 Å². The van der Waals surface area contributed by atoms with Crippen molar-refractivity contribution in [3.05, 3.63) is 30.0 Å². The lowest BCUT2D eigenvalue weighted by Gasteiger charge is -2.28. The first-order valence-electron chi connectivity index (χ1n) is 11.0. The van der Waals surface area contributed by atoms with Crippen LogP contribution in [0.15, 0.2) is 23.8 Å². The number of hydrogen-bond acceptors (Lipinski definition) is 13. The molecule has 0 aliphatic carbocycles. The Hall–Kier alpha value is -1.90. The Bertz CT molecular complexity index is 1250. The lowest BCUT2D eigenvalue weighted by molar-refractivity contribution is -0.102. The van der Waals surface area contributed by atoms with Crippen molar-refractivity contribution < 1.29 is 55.9 Å². The van der Waals surface area contributed by atoms with Gasteiger partial charge in [-0.1, -0.05) is 24.8 Å². The first-order valence-corrected chi connectivity index (χ1v) is 15.6. The number of phosphoric acid groups is 3. The van der Waals surface area contributed by atoms with E-state index < -0.39 is 48.6 Å². The number of nitrogens with two attached hydrogens (primary N) is 3. The van der Waals surface area contributed by atoms with Crippen LogP contribution >= 0.6 is 23.5 Å². The number of nitrogens with zero attached hydrogens (tertiary/aromatic N) is 2. The van der Waals surface area contributed by atoms with Gasteiger partial charge in [0.05, 0.1) is 31.9 Å². The number of hydrogen-bond donors (Lipinski definition) is 8. The van der Waals surface area contributed by atoms with Crippen molar-refractivity contribution in [3.63, 3.8) is 0 Å². The molecule has 3 unspecified atom stereocenters. The van der Waals surface area contributed by atoms with E-state index in [1.165, 1.54) is 6.08 Å². The van der Waals surface area contributed by atoms with Gasteiger partial charge in [-0.3, -0.25) is 4.52 Å². The highest BCUT2D eigenvalue weighted by Crippen LogP contribution is 2.66. The molecule has 0 radical (unpaired) electrons. The number of aromatic nitrogens is 1. The van der Waals surface area contributed by atoms with E-state index >= 15 is 0 Å². The first-order chi connectivity index (χ1) is 18.1. The van der Waals surface area contributed by atoms with Crippen LogP contribution in [0.2, 0.25) is 0 Å². The van der Waals surface area contributed by atoms with Crippen LogP contribution < -0.4 is 22.5 Å². The van der Waals surface area contributed by atoms with Crippen LogP contribution in [-0.4, -0.2) is 62.6 Å². The zero-order chi connectivity index (χ0) is 29.4. The first kappa shape index (κ1) is 33.3. The van der Waals surface area contributed by atoms with Crippen LogP contribution in [-0.2, 0) is 36.3 Å². The molecule has 1 aromatic heterocycles. The SMILES string of the molecule is C=CCOC[C@@H](COP(=O)(O)OP(=O)(O)OP(=O)(O)O)O[C@H](CC)n1cc(C#CCN)c2c1NC(N)=NC2N. The molecule has 5 atom stereocenters. The third-order valence-electron chi connectivity index (χ3n) is 4.61. The molecular weight excluding hydrogens is 585 g/mol. The molecule has 21 heteroatoms. The van der Waals surface area contributed by atoms with E-state index in [4.69, 9.17) is 41.0 Å². The molecule has 0 spiro atoms. The third-order valence-corrected chi connectivity index (χ3v) is 8.41. The maximum absolute atomic E-state index is 12.2. The quantitative estimate of drug-likeness (QED) is 0.0570. The van der Waals surface area contributed by atoms with E-state index in [9.17, 15) is 23.5 Å². The summed E-state index contributed by atoms with van der Waals surface area (Å²) in [6, 6.07) is 0. The summed E-state index contributed by atoms with van der Waals surface area (Å²) in [5.74, 6) is 6.12. The van der Waals surface area contributed by atoms with Crippen LogP contribution in [0, 0.1) is 11.8 Å². The van der Waals surface area contributed by atoms with Gasteiger partial charge < -0.3 is 56.1 Å². The zero-order valence-electron chi connectivity index (χ0n) is 20.7. The van der Waals surface area contributed by atoms with E-state index in [2.05, 4.69) is 37.4 Å². The van der Waals surface area contributed by atoms with Gasteiger partial charge >= 0.3 is 23.5 Å². The second kappa shape index (κ2) is 14.1. The summed E-state index contributed by atoms with van der Waals surface area (Å²) >= 11 is 0. The summed E-state index contributed by atoms with van der Waals surface area (Å²) in [6.07, 6.45) is 0.672. The molecule has 18 nitrogen and oxygen atoms in total. The number of ether oxygens (including phenoxy) is 2. The van der Waals surface area contributed by atoms with Gasteiger partial charge in [0.2, 0.25) is 0 Å². The molecule has 220 valence electrons.